The summed E-state index contributed by atoms with van der Waals surface area (Å²) in [6.45, 7) is 0.741. The lowest BCUT2D eigenvalue weighted by molar-refractivity contribution is -0.117. The van der Waals surface area contributed by atoms with Crippen LogP contribution in [-0.4, -0.2) is 27.9 Å². The normalized spacial score (nSPS) is 13.8. The molecule has 1 saturated heterocycles. The van der Waals surface area contributed by atoms with E-state index in [-0.39, 0.29) is 11.8 Å². The van der Waals surface area contributed by atoms with Gasteiger partial charge in [0.2, 0.25) is 5.91 Å². The van der Waals surface area contributed by atoms with Crippen molar-refractivity contribution in [2.75, 3.05) is 16.8 Å². The highest BCUT2D eigenvalue weighted by molar-refractivity contribution is 7.03. The van der Waals surface area contributed by atoms with Crippen molar-refractivity contribution in [3.8, 4) is 11.3 Å². The molecule has 0 unspecified atom stereocenters. The van der Waals surface area contributed by atoms with Gasteiger partial charge in [-0.3, -0.25) is 9.59 Å². The van der Waals surface area contributed by atoms with Gasteiger partial charge in [0.25, 0.3) is 5.91 Å². The fourth-order valence-electron chi connectivity index (χ4n) is 2.93. The lowest BCUT2D eigenvalue weighted by Gasteiger charge is -2.15. The Morgan fingerprint density at radius 2 is 1.85 bits per heavy atom. The highest BCUT2D eigenvalue weighted by atomic mass is 32.1. The topological polar surface area (TPSA) is 75.2 Å². The summed E-state index contributed by atoms with van der Waals surface area (Å²) >= 11 is 1.30. The monoisotopic (exact) mass is 364 g/mol. The van der Waals surface area contributed by atoms with Crippen LogP contribution in [0.25, 0.3) is 11.3 Å². The fourth-order valence-corrected chi connectivity index (χ4v) is 3.40. The smallest absolute Gasteiger partial charge is 0.255 e. The summed E-state index contributed by atoms with van der Waals surface area (Å²) in [6, 6.07) is 14.6. The van der Waals surface area contributed by atoms with Crippen molar-refractivity contribution < 1.29 is 9.59 Å². The van der Waals surface area contributed by atoms with Crippen LogP contribution in [0.15, 0.2) is 53.9 Å². The van der Waals surface area contributed by atoms with Crippen LogP contribution in [-0.2, 0) is 4.79 Å². The molecule has 3 aromatic rings. The Hall–Kier alpha value is -3.06. The third kappa shape index (κ3) is 3.34. The molecule has 2 aromatic carbocycles. The van der Waals surface area contributed by atoms with E-state index in [9.17, 15) is 9.59 Å². The number of benzene rings is 2. The zero-order valence-corrected chi connectivity index (χ0v) is 14.7. The standard InChI is InChI=1S/C19H16N4O2S/c24-18-2-1-11-23(18)16-9-5-14(6-10-16)19(25)20-15-7-3-13(4-8-15)17-12-26-22-21-17/h3-10,12H,1-2,11H2,(H,20,25). The van der Waals surface area contributed by atoms with E-state index in [1.54, 1.807) is 17.0 Å². The molecule has 2 amide bonds. The van der Waals surface area contributed by atoms with E-state index in [2.05, 4.69) is 14.9 Å². The van der Waals surface area contributed by atoms with E-state index in [1.807, 2.05) is 41.8 Å². The van der Waals surface area contributed by atoms with Crippen molar-refractivity contribution in [3.05, 3.63) is 59.5 Å². The Bertz CT molecular complexity index is 921. The summed E-state index contributed by atoms with van der Waals surface area (Å²) in [5.41, 5.74) is 3.87. The molecular formula is C19H16N4O2S. The van der Waals surface area contributed by atoms with Gasteiger partial charge in [0.1, 0.15) is 5.69 Å². The van der Waals surface area contributed by atoms with E-state index in [0.717, 1.165) is 29.9 Å². The summed E-state index contributed by atoms with van der Waals surface area (Å²) < 4.78 is 3.85. The summed E-state index contributed by atoms with van der Waals surface area (Å²) in [4.78, 5) is 26.0. The van der Waals surface area contributed by atoms with E-state index in [0.29, 0.717) is 17.7 Å². The first-order chi connectivity index (χ1) is 12.7. The average Bonchev–Trinajstić information content (AvgIpc) is 3.34. The van der Waals surface area contributed by atoms with Crippen LogP contribution in [0, 0.1) is 0 Å². The quantitative estimate of drug-likeness (QED) is 0.768. The predicted octanol–water partition coefficient (Wildman–Crippen LogP) is 3.58. The molecule has 130 valence electrons. The van der Waals surface area contributed by atoms with Crippen LogP contribution < -0.4 is 10.2 Å². The van der Waals surface area contributed by atoms with Crippen LogP contribution in [0.2, 0.25) is 0 Å². The van der Waals surface area contributed by atoms with Crippen molar-refractivity contribution in [1.29, 1.82) is 0 Å². The first kappa shape index (κ1) is 16.4. The third-order valence-corrected chi connectivity index (χ3v) is 4.82. The number of aromatic nitrogens is 2. The number of nitrogens with one attached hydrogen (secondary N) is 1. The first-order valence-corrected chi connectivity index (χ1v) is 9.14. The lowest BCUT2D eigenvalue weighted by Crippen LogP contribution is -2.23. The second-order valence-electron chi connectivity index (χ2n) is 6.02. The number of carbonyl (C=O) groups excluding carboxylic acids is 2. The van der Waals surface area contributed by atoms with Crippen LogP contribution >= 0.6 is 11.5 Å². The van der Waals surface area contributed by atoms with Gasteiger partial charge < -0.3 is 10.2 Å². The SMILES string of the molecule is O=C(Nc1ccc(-c2csnn2)cc1)c1ccc(N2CCCC2=O)cc1. The van der Waals surface area contributed by atoms with Gasteiger partial charge in [0, 0.05) is 40.8 Å². The second kappa shape index (κ2) is 7.05. The summed E-state index contributed by atoms with van der Waals surface area (Å²) in [5, 5.41) is 8.77. The number of hydrogen-bond acceptors (Lipinski definition) is 5. The Morgan fingerprint density at radius 3 is 2.46 bits per heavy atom. The highest BCUT2D eigenvalue weighted by Crippen LogP contribution is 2.23. The van der Waals surface area contributed by atoms with E-state index < -0.39 is 0 Å². The zero-order chi connectivity index (χ0) is 17.9. The third-order valence-electron chi connectivity index (χ3n) is 4.31. The summed E-state index contributed by atoms with van der Waals surface area (Å²) in [6.07, 6.45) is 1.48. The molecule has 0 atom stereocenters. The number of rotatable bonds is 4. The van der Waals surface area contributed by atoms with Crippen LogP contribution in [0.1, 0.15) is 23.2 Å². The van der Waals surface area contributed by atoms with Crippen molar-refractivity contribution in [2.24, 2.45) is 0 Å². The van der Waals surface area contributed by atoms with Gasteiger partial charge in [0.05, 0.1) is 0 Å². The van der Waals surface area contributed by atoms with Crippen molar-refractivity contribution in [1.82, 2.24) is 9.59 Å². The van der Waals surface area contributed by atoms with Gasteiger partial charge in [-0.15, -0.1) is 5.10 Å². The maximum absolute atomic E-state index is 12.4. The van der Waals surface area contributed by atoms with Gasteiger partial charge in [-0.1, -0.05) is 16.6 Å². The Labute approximate surface area is 154 Å². The Balaban J connectivity index is 1.43. The van der Waals surface area contributed by atoms with Crippen molar-refractivity contribution in [2.45, 2.75) is 12.8 Å². The minimum atomic E-state index is -0.188. The summed E-state index contributed by atoms with van der Waals surface area (Å²) in [5.74, 6) is -0.0509. The fraction of sp³-hybridized carbons (Fsp3) is 0.158. The van der Waals surface area contributed by atoms with Gasteiger partial charge in [-0.2, -0.15) is 0 Å². The minimum absolute atomic E-state index is 0.137. The molecule has 26 heavy (non-hydrogen) atoms. The molecule has 1 fully saturated rings. The molecule has 0 radical (unpaired) electrons. The lowest BCUT2D eigenvalue weighted by atomic mass is 10.1. The molecule has 0 bridgehead atoms. The molecule has 0 spiro atoms. The van der Waals surface area contributed by atoms with Gasteiger partial charge >= 0.3 is 0 Å². The van der Waals surface area contributed by atoms with Gasteiger partial charge in [-0.05, 0) is 54.4 Å². The largest absolute Gasteiger partial charge is 0.322 e. The number of hydrogen-bond donors (Lipinski definition) is 1. The molecule has 1 aliphatic heterocycles. The molecule has 0 aliphatic carbocycles. The number of amides is 2. The molecular weight excluding hydrogens is 348 g/mol. The molecule has 7 heteroatoms. The van der Waals surface area contributed by atoms with Crippen LogP contribution in [0.3, 0.4) is 0 Å². The predicted molar refractivity (Wildman–Crippen MR) is 101 cm³/mol. The molecule has 0 saturated carbocycles. The molecule has 1 N–H and O–H groups in total. The Kier molecular flexibility index (Phi) is 4.45. The molecule has 6 nitrogen and oxygen atoms in total. The number of nitrogens with zero attached hydrogens (tertiary/aromatic N) is 3. The van der Waals surface area contributed by atoms with Crippen molar-refractivity contribution >= 4 is 34.7 Å². The van der Waals surface area contributed by atoms with E-state index >= 15 is 0 Å². The molecule has 4 rings (SSSR count). The molecule has 1 aromatic heterocycles. The number of carbonyl (C=O) groups is 2. The van der Waals surface area contributed by atoms with Gasteiger partial charge in [0.15, 0.2) is 0 Å². The second-order valence-corrected chi connectivity index (χ2v) is 6.63. The van der Waals surface area contributed by atoms with Gasteiger partial charge in [-0.25, -0.2) is 0 Å². The Morgan fingerprint density at radius 1 is 1.08 bits per heavy atom. The number of anilines is 2. The van der Waals surface area contributed by atoms with E-state index in [4.69, 9.17) is 0 Å². The maximum Gasteiger partial charge on any atom is 0.255 e. The highest BCUT2D eigenvalue weighted by Gasteiger charge is 2.21. The van der Waals surface area contributed by atoms with E-state index in [1.165, 1.54) is 11.5 Å². The maximum atomic E-state index is 12.4. The average molecular weight is 364 g/mol. The summed E-state index contributed by atoms with van der Waals surface area (Å²) in [7, 11) is 0. The van der Waals surface area contributed by atoms with Crippen LogP contribution in [0.4, 0.5) is 11.4 Å². The minimum Gasteiger partial charge on any atom is -0.322 e. The first-order valence-electron chi connectivity index (χ1n) is 8.30. The molecule has 2 heterocycles. The van der Waals surface area contributed by atoms with Crippen molar-refractivity contribution in [3.63, 3.8) is 0 Å². The molecule has 1 aliphatic rings. The zero-order valence-electron chi connectivity index (χ0n) is 13.9. The van der Waals surface area contributed by atoms with Crippen LogP contribution in [0.5, 0.6) is 0 Å².